The third-order valence-corrected chi connectivity index (χ3v) is 6.88. The van der Waals surface area contributed by atoms with E-state index in [-0.39, 0.29) is 10.9 Å². The Hall–Kier alpha value is -2.41. The lowest BCUT2D eigenvalue weighted by Gasteiger charge is -2.31. The minimum atomic E-state index is -3.57. The van der Waals surface area contributed by atoms with Crippen LogP contribution in [0.5, 0.6) is 0 Å². The Kier molecular flexibility index (Phi) is 5.35. The van der Waals surface area contributed by atoms with Crippen LogP contribution in [0.1, 0.15) is 28.5 Å². The molecule has 0 fully saturated rings. The molecule has 2 atom stereocenters. The number of quaternary nitrogens is 1. The molecule has 4 rings (SSSR count). The smallest absolute Gasteiger partial charge is 0.240 e. The van der Waals surface area contributed by atoms with Crippen LogP contribution in [0.15, 0.2) is 76.2 Å². The summed E-state index contributed by atoms with van der Waals surface area (Å²) < 4.78 is 34.0. The molecule has 0 amide bonds. The lowest BCUT2D eigenvalue weighted by atomic mass is 9.98. The highest BCUT2D eigenvalue weighted by Gasteiger charge is 2.31. The van der Waals surface area contributed by atoms with Crippen LogP contribution in [0, 0.1) is 6.92 Å². The topological polar surface area (TPSA) is 63.8 Å². The SMILES string of the molecule is Cc1ccc(S(=O)(=O)NC[C@H](c2ccco2)[NH+]2CCc3ccccc3C2)cc1. The first-order chi connectivity index (χ1) is 13.5. The summed E-state index contributed by atoms with van der Waals surface area (Å²) >= 11 is 0. The fourth-order valence-corrected chi connectivity index (χ4v) is 4.88. The van der Waals surface area contributed by atoms with Gasteiger partial charge >= 0.3 is 0 Å². The number of furan rings is 1. The molecular weight excluding hydrogens is 372 g/mol. The summed E-state index contributed by atoms with van der Waals surface area (Å²) in [5.74, 6) is 0.806. The average Bonchev–Trinajstić information content (AvgIpc) is 3.23. The highest BCUT2D eigenvalue weighted by molar-refractivity contribution is 7.89. The van der Waals surface area contributed by atoms with Gasteiger partial charge in [-0.05, 0) is 36.8 Å². The minimum Gasteiger partial charge on any atom is -0.463 e. The number of hydrogen-bond donors (Lipinski definition) is 2. The fourth-order valence-electron chi connectivity index (χ4n) is 3.83. The summed E-state index contributed by atoms with van der Waals surface area (Å²) in [5.41, 5.74) is 3.73. The summed E-state index contributed by atoms with van der Waals surface area (Å²) in [4.78, 5) is 1.59. The second kappa shape index (κ2) is 7.91. The van der Waals surface area contributed by atoms with Gasteiger partial charge in [-0.25, -0.2) is 13.1 Å². The van der Waals surface area contributed by atoms with Gasteiger partial charge in [0.1, 0.15) is 6.54 Å². The van der Waals surface area contributed by atoms with Gasteiger partial charge in [0.25, 0.3) is 0 Å². The molecule has 0 aliphatic carbocycles. The summed E-state index contributed by atoms with van der Waals surface area (Å²) in [6.45, 7) is 4.03. The lowest BCUT2D eigenvalue weighted by Crippen LogP contribution is -3.12. The zero-order chi connectivity index (χ0) is 19.6. The molecule has 1 aliphatic rings. The zero-order valence-electron chi connectivity index (χ0n) is 15.9. The van der Waals surface area contributed by atoms with E-state index in [0.29, 0.717) is 6.54 Å². The molecular formula is C22H25N2O3S+. The van der Waals surface area contributed by atoms with Crippen LogP contribution in [0.3, 0.4) is 0 Å². The zero-order valence-corrected chi connectivity index (χ0v) is 16.7. The molecule has 0 saturated heterocycles. The maximum atomic E-state index is 12.7. The Labute approximate surface area is 166 Å². The van der Waals surface area contributed by atoms with Crippen molar-refractivity contribution in [3.63, 3.8) is 0 Å². The quantitative estimate of drug-likeness (QED) is 0.671. The van der Waals surface area contributed by atoms with Crippen molar-refractivity contribution in [1.82, 2.24) is 4.72 Å². The van der Waals surface area contributed by atoms with Crippen molar-refractivity contribution in [2.75, 3.05) is 13.1 Å². The predicted octanol–water partition coefficient (Wildman–Crippen LogP) is 2.25. The van der Waals surface area contributed by atoms with Gasteiger partial charge in [-0.2, -0.15) is 0 Å². The predicted molar refractivity (Wildman–Crippen MR) is 107 cm³/mol. The Morgan fingerprint density at radius 2 is 1.79 bits per heavy atom. The van der Waals surface area contributed by atoms with Gasteiger partial charge in [0.05, 0.1) is 24.2 Å². The highest BCUT2D eigenvalue weighted by Crippen LogP contribution is 2.17. The molecule has 0 radical (unpaired) electrons. The van der Waals surface area contributed by atoms with E-state index in [1.807, 2.05) is 31.2 Å². The Morgan fingerprint density at radius 1 is 1.04 bits per heavy atom. The van der Waals surface area contributed by atoms with Crippen LogP contribution in [0.4, 0.5) is 0 Å². The standard InChI is InChI=1S/C22H24N2O3S/c1-17-8-10-20(11-9-17)28(25,26)23-15-21(22-7-4-14-27-22)24-13-12-18-5-2-3-6-19(18)16-24/h2-11,14,21,23H,12-13,15-16H2,1H3/p+1/t21-/m1/s1. The van der Waals surface area contributed by atoms with Crippen molar-refractivity contribution < 1.29 is 17.7 Å². The van der Waals surface area contributed by atoms with Crippen molar-refractivity contribution >= 4 is 10.0 Å². The second-order valence-electron chi connectivity index (χ2n) is 7.34. The van der Waals surface area contributed by atoms with Crippen LogP contribution < -0.4 is 9.62 Å². The molecule has 0 saturated carbocycles. The van der Waals surface area contributed by atoms with Crippen LogP contribution in [-0.2, 0) is 23.0 Å². The van der Waals surface area contributed by atoms with Gasteiger partial charge in [0, 0.05) is 12.0 Å². The van der Waals surface area contributed by atoms with Gasteiger partial charge in [0.15, 0.2) is 11.8 Å². The Bertz CT molecular complexity index is 1030. The fraction of sp³-hybridized carbons (Fsp3) is 0.273. The van der Waals surface area contributed by atoms with E-state index in [2.05, 4.69) is 29.0 Å². The lowest BCUT2D eigenvalue weighted by molar-refractivity contribution is -0.946. The van der Waals surface area contributed by atoms with Crippen molar-refractivity contribution in [2.45, 2.75) is 30.8 Å². The molecule has 2 heterocycles. The van der Waals surface area contributed by atoms with E-state index in [9.17, 15) is 8.42 Å². The molecule has 3 aromatic rings. The maximum Gasteiger partial charge on any atom is 0.240 e. The van der Waals surface area contributed by atoms with Crippen LogP contribution >= 0.6 is 0 Å². The van der Waals surface area contributed by atoms with Crippen molar-refractivity contribution in [3.8, 4) is 0 Å². The maximum absolute atomic E-state index is 12.7. The normalized spacial score (nSPS) is 17.8. The monoisotopic (exact) mass is 397 g/mol. The van der Waals surface area contributed by atoms with Gasteiger partial charge in [-0.1, -0.05) is 42.0 Å². The highest BCUT2D eigenvalue weighted by atomic mass is 32.2. The van der Waals surface area contributed by atoms with Gasteiger partial charge < -0.3 is 9.32 Å². The molecule has 2 N–H and O–H groups in total. The number of aryl methyl sites for hydroxylation is 1. The molecule has 6 heteroatoms. The molecule has 28 heavy (non-hydrogen) atoms. The average molecular weight is 398 g/mol. The summed E-state index contributed by atoms with van der Waals surface area (Å²) in [6, 6.07) is 19.1. The third-order valence-electron chi connectivity index (χ3n) is 5.44. The first kappa shape index (κ1) is 18.9. The Balaban J connectivity index is 1.54. The number of fused-ring (bicyclic) bond motifs is 1. The molecule has 0 spiro atoms. The van der Waals surface area contributed by atoms with Crippen molar-refractivity contribution in [1.29, 1.82) is 0 Å². The van der Waals surface area contributed by atoms with E-state index in [1.165, 1.54) is 16.0 Å². The number of nitrogens with one attached hydrogen (secondary N) is 2. The number of benzene rings is 2. The minimum absolute atomic E-state index is 0.0800. The Morgan fingerprint density at radius 3 is 2.50 bits per heavy atom. The van der Waals surface area contributed by atoms with Crippen LogP contribution in [-0.4, -0.2) is 21.5 Å². The summed E-state index contributed by atoms with van der Waals surface area (Å²) in [7, 11) is -3.57. The van der Waals surface area contributed by atoms with E-state index < -0.39 is 10.0 Å². The molecule has 5 nitrogen and oxygen atoms in total. The van der Waals surface area contributed by atoms with Crippen molar-refractivity contribution in [3.05, 3.63) is 89.4 Å². The summed E-state index contributed by atoms with van der Waals surface area (Å²) in [5, 5.41) is 0. The van der Waals surface area contributed by atoms with Gasteiger partial charge in [0.2, 0.25) is 10.0 Å². The van der Waals surface area contributed by atoms with Crippen LogP contribution in [0.2, 0.25) is 0 Å². The number of sulfonamides is 1. The summed E-state index contributed by atoms with van der Waals surface area (Å²) in [6.07, 6.45) is 2.63. The largest absolute Gasteiger partial charge is 0.463 e. The van der Waals surface area contributed by atoms with Gasteiger partial charge in [-0.3, -0.25) is 0 Å². The molecule has 2 aromatic carbocycles. The first-order valence-corrected chi connectivity index (χ1v) is 11.0. The van der Waals surface area contributed by atoms with E-state index in [1.54, 1.807) is 18.4 Å². The second-order valence-corrected chi connectivity index (χ2v) is 9.10. The van der Waals surface area contributed by atoms with Gasteiger partial charge in [-0.15, -0.1) is 0 Å². The molecule has 0 bridgehead atoms. The molecule has 1 unspecified atom stereocenters. The van der Waals surface area contributed by atoms with E-state index in [4.69, 9.17) is 4.42 Å². The molecule has 1 aliphatic heterocycles. The van der Waals surface area contributed by atoms with E-state index in [0.717, 1.165) is 30.8 Å². The van der Waals surface area contributed by atoms with Crippen LogP contribution in [0.25, 0.3) is 0 Å². The number of rotatable bonds is 6. The molecule has 1 aromatic heterocycles. The van der Waals surface area contributed by atoms with E-state index >= 15 is 0 Å². The first-order valence-electron chi connectivity index (χ1n) is 9.54. The number of hydrogen-bond acceptors (Lipinski definition) is 3. The molecule has 146 valence electrons. The third kappa shape index (κ3) is 4.04. The van der Waals surface area contributed by atoms with Crippen molar-refractivity contribution in [2.24, 2.45) is 0 Å².